The van der Waals surface area contributed by atoms with Gasteiger partial charge in [0.1, 0.15) is 6.04 Å². The first-order chi connectivity index (χ1) is 11.5. The Morgan fingerprint density at radius 1 is 1.21 bits per heavy atom. The molecule has 3 rings (SSSR count). The minimum Gasteiger partial charge on any atom is -0.353 e. The summed E-state index contributed by atoms with van der Waals surface area (Å²) in [6.45, 7) is 1.85. The van der Waals surface area contributed by atoms with E-state index < -0.39 is 23.7 Å². The number of aromatic nitrogens is 2. The number of carbonyl (C=O) groups excluding carboxylic acids is 1. The number of halogens is 3. The van der Waals surface area contributed by atoms with Gasteiger partial charge in [-0.2, -0.15) is 18.3 Å². The van der Waals surface area contributed by atoms with Gasteiger partial charge in [0.25, 0.3) is 0 Å². The molecule has 0 spiro atoms. The van der Waals surface area contributed by atoms with Crippen molar-refractivity contribution in [1.82, 2.24) is 20.0 Å². The Balaban J connectivity index is 1.89. The van der Waals surface area contributed by atoms with Gasteiger partial charge in [-0.1, -0.05) is 18.2 Å². The van der Waals surface area contributed by atoms with E-state index in [9.17, 15) is 18.0 Å². The second-order valence-corrected chi connectivity index (χ2v) is 5.58. The third-order valence-electron chi connectivity index (χ3n) is 4.05. The minimum absolute atomic E-state index is 0.0114. The summed E-state index contributed by atoms with van der Waals surface area (Å²) in [7, 11) is 0. The molecular weight excluding hydrogens is 321 g/mol. The normalized spacial score (nSPS) is 19.3. The molecule has 0 bridgehead atoms. The molecule has 24 heavy (non-hydrogen) atoms. The van der Waals surface area contributed by atoms with Crippen molar-refractivity contribution in [2.45, 2.75) is 18.8 Å². The lowest BCUT2D eigenvalue weighted by Crippen LogP contribution is -2.51. The fraction of sp³-hybridized carbons (Fsp3) is 0.375. The molecule has 1 fully saturated rings. The van der Waals surface area contributed by atoms with E-state index in [-0.39, 0.29) is 5.56 Å². The summed E-state index contributed by atoms with van der Waals surface area (Å²) in [6, 6.07) is 6.08. The van der Waals surface area contributed by atoms with Crippen molar-refractivity contribution in [3.8, 4) is 0 Å². The number of hydrogen-bond acceptors (Lipinski definition) is 3. The van der Waals surface area contributed by atoms with Crippen LogP contribution in [-0.2, 0) is 17.5 Å². The van der Waals surface area contributed by atoms with Gasteiger partial charge in [0.05, 0.1) is 12.1 Å². The number of benzene rings is 1. The van der Waals surface area contributed by atoms with E-state index >= 15 is 0 Å². The maximum atomic E-state index is 13.3. The maximum absolute atomic E-state index is 13.3. The summed E-state index contributed by atoms with van der Waals surface area (Å²) in [5.41, 5.74) is -0.779. The average molecular weight is 338 g/mol. The lowest BCUT2D eigenvalue weighted by Gasteiger charge is -2.36. The van der Waals surface area contributed by atoms with Gasteiger partial charge in [-0.15, -0.1) is 0 Å². The van der Waals surface area contributed by atoms with E-state index in [1.54, 1.807) is 28.0 Å². The van der Waals surface area contributed by atoms with E-state index in [0.717, 1.165) is 6.07 Å². The highest BCUT2D eigenvalue weighted by atomic mass is 19.4. The molecule has 1 aromatic heterocycles. The van der Waals surface area contributed by atoms with Crippen LogP contribution < -0.4 is 5.32 Å². The van der Waals surface area contributed by atoms with Gasteiger partial charge in [0.2, 0.25) is 5.91 Å². The quantitative estimate of drug-likeness (QED) is 0.929. The zero-order valence-corrected chi connectivity index (χ0v) is 12.8. The number of carbonyl (C=O) groups is 1. The first-order valence-corrected chi connectivity index (χ1v) is 7.62. The van der Waals surface area contributed by atoms with Crippen LogP contribution >= 0.6 is 0 Å². The number of nitrogens with one attached hydrogen (secondary N) is 1. The fourth-order valence-corrected chi connectivity index (χ4v) is 2.95. The van der Waals surface area contributed by atoms with Gasteiger partial charge >= 0.3 is 6.18 Å². The highest BCUT2D eigenvalue weighted by Gasteiger charge is 2.39. The van der Waals surface area contributed by atoms with Crippen LogP contribution in [0, 0.1) is 0 Å². The van der Waals surface area contributed by atoms with E-state index in [1.165, 1.54) is 18.2 Å². The van der Waals surface area contributed by atoms with Crippen LogP contribution in [0.5, 0.6) is 0 Å². The second-order valence-electron chi connectivity index (χ2n) is 5.58. The summed E-state index contributed by atoms with van der Waals surface area (Å²) in [4.78, 5) is 14.1. The molecule has 1 unspecified atom stereocenters. The van der Waals surface area contributed by atoms with Crippen molar-refractivity contribution < 1.29 is 18.0 Å². The molecular formula is C16H17F3N4O. The lowest BCUT2D eigenvalue weighted by molar-refractivity contribution is -0.140. The zero-order chi connectivity index (χ0) is 17.2. The lowest BCUT2D eigenvalue weighted by atomic mass is 9.96. The highest BCUT2D eigenvalue weighted by Crippen LogP contribution is 2.36. The van der Waals surface area contributed by atoms with Crippen molar-refractivity contribution >= 4 is 5.91 Å². The first kappa shape index (κ1) is 16.5. The largest absolute Gasteiger partial charge is 0.416 e. The van der Waals surface area contributed by atoms with Crippen LogP contribution in [-0.4, -0.2) is 40.2 Å². The Hall–Kier alpha value is -2.35. The molecule has 1 atom stereocenters. The Bertz CT molecular complexity index is 700. The molecule has 5 nitrogen and oxygen atoms in total. The molecule has 128 valence electrons. The van der Waals surface area contributed by atoms with Gasteiger partial charge in [0, 0.05) is 32.0 Å². The standard InChI is InChI=1S/C16H17F3N4O/c17-16(18,19)13-5-2-1-4-12(13)14-15(24)20-7-9-22(14)10-11-23-8-3-6-21-23/h1-6,8,14H,7,9-11H2,(H,20,24). The summed E-state index contributed by atoms with van der Waals surface area (Å²) >= 11 is 0. The Morgan fingerprint density at radius 2 is 2.00 bits per heavy atom. The van der Waals surface area contributed by atoms with Crippen LogP contribution in [0.3, 0.4) is 0 Å². The summed E-state index contributed by atoms with van der Waals surface area (Å²) in [5, 5.41) is 6.75. The van der Waals surface area contributed by atoms with Crippen LogP contribution in [0.15, 0.2) is 42.7 Å². The van der Waals surface area contributed by atoms with Crippen LogP contribution in [0.1, 0.15) is 17.2 Å². The van der Waals surface area contributed by atoms with E-state index in [1.807, 2.05) is 0 Å². The Morgan fingerprint density at radius 3 is 2.71 bits per heavy atom. The number of alkyl halides is 3. The van der Waals surface area contributed by atoms with Crippen LogP contribution in [0.25, 0.3) is 0 Å². The smallest absolute Gasteiger partial charge is 0.353 e. The molecule has 8 heteroatoms. The van der Waals surface area contributed by atoms with E-state index in [2.05, 4.69) is 10.4 Å². The van der Waals surface area contributed by atoms with Gasteiger partial charge in [-0.3, -0.25) is 14.4 Å². The molecule has 1 saturated heterocycles. The SMILES string of the molecule is O=C1NCCN(CCn2cccn2)C1c1ccccc1C(F)(F)F. The number of rotatable bonds is 4. The summed E-state index contributed by atoms with van der Waals surface area (Å²) in [5.74, 6) is -0.404. The topological polar surface area (TPSA) is 50.2 Å². The number of piperazine rings is 1. The first-order valence-electron chi connectivity index (χ1n) is 7.62. The highest BCUT2D eigenvalue weighted by molar-refractivity contribution is 5.84. The van der Waals surface area contributed by atoms with Crippen molar-refractivity contribution in [2.75, 3.05) is 19.6 Å². The molecule has 1 aliphatic rings. The Labute approximate surface area is 137 Å². The number of hydrogen-bond donors (Lipinski definition) is 1. The van der Waals surface area contributed by atoms with Gasteiger partial charge in [0.15, 0.2) is 0 Å². The van der Waals surface area contributed by atoms with Crippen molar-refractivity contribution in [1.29, 1.82) is 0 Å². The zero-order valence-electron chi connectivity index (χ0n) is 12.8. The molecule has 0 aliphatic carbocycles. The minimum atomic E-state index is -4.50. The Kier molecular flexibility index (Phi) is 4.57. The van der Waals surface area contributed by atoms with Crippen LogP contribution in [0.4, 0.5) is 13.2 Å². The van der Waals surface area contributed by atoms with Crippen molar-refractivity contribution in [3.05, 3.63) is 53.9 Å². The molecule has 2 heterocycles. The fourth-order valence-electron chi connectivity index (χ4n) is 2.95. The second kappa shape index (κ2) is 6.64. The third kappa shape index (κ3) is 3.43. The number of amides is 1. The third-order valence-corrected chi connectivity index (χ3v) is 4.05. The van der Waals surface area contributed by atoms with E-state index in [4.69, 9.17) is 0 Å². The van der Waals surface area contributed by atoms with E-state index in [0.29, 0.717) is 26.2 Å². The summed E-state index contributed by atoms with van der Waals surface area (Å²) in [6.07, 6.45) is -1.08. The van der Waals surface area contributed by atoms with Crippen molar-refractivity contribution in [2.24, 2.45) is 0 Å². The molecule has 2 aromatic rings. The summed E-state index contributed by atoms with van der Waals surface area (Å²) < 4.78 is 41.6. The predicted molar refractivity (Wildman–Crippen MR) is 81.0 cm³/mol. The molecule has 1 aliphatic heterocycles. The molecule has 1 aromatic carbocycles. The average Bonchev–Trinajstić information content (AvgIpc) is 3.05. The predicted octanol–water partition coefficient (Wildman–Crippen LogP) is 2.08. The molecule has 0 radical (unpaired) electrons. The molecule has 1 N–H and O–H groups in total. The monoisotopic (exact) mass is 338 g/mol. The molecule has 1 amide bonds. The van der Waals surface area contributed by atoms with Gasteiger partial charge in [-0.25, -0.2) is 0 Å². The van der Waals surface area contributed by atoms with Crippen LogP contribution in [0.2, 0.25) is 0 Å². The van der Waals surface area contributed by atoms with Gasteiger partial charge < -0.3 is 5.32 Å². The number of nitrogens with zero attached hydrogens (tertiary/aromatic N) is 3. The van der Waals surface area contributed by atoms with Gasteiger partial charge in [-0.05, 0) is 17.7 Å². The van der Waals surface area contributed by atoms with Crippen molar-refractivity contribution in [3.63, 3.8) is 0 Å². The molecule has 0 saturated carbocycles. The maximum Gasteiger partial charge on any atom is 0.416 e.